The number of hydrogen-bond donors (Lipinski definition) is 0. The first kappa shape index (κ1) is 26.0. The number of para-hydroxylation sites is 1. The lowest BCUT2D eigenvalue weighted by atomic mass is 10.2. The largest absolute Gasteiger partial charge is 1.00 e. The van der Waals surface area contributed by atoms with Crippen LogP contribution in [0.15, 0.2) is 78.2 Å². The van der Waals surface area contributed by atoms with E-state index in [-0.39, 0.29) is 30.8 Å². The predicted molar refractivity (Wildman–Crippen MR) is 123 cm³/mol. The molecule has 0 atom stereocenters. The van der Waals surface area contributed by atoms with Crippen LogP contribution in [0.2, 0.25) is 0 Å². The average molecular weight is 467 g/mol. The van der Waals surface area contributed by atoms with Crippen molar-refractivity contribution in [2.75, 3.05) is 38.8 Å². The summed E-state index contributed by atoms with van der Waals surface area (Å²) in [6, 6.07) is 23.9. The number of esters is 1. The molecular formula is C23H28Cl2N2O2S. The van der Waals surface area contributed by atoms with Crippen LogP contribution in [0.1, 0.15) is 15.2 Å². The zero-order valence-electron chi connectivity index (χ0n) is 17.2. The lowest BCUT2D eigenvalue weighted by molar-refractivity contribution is -0.905. The fraction of sp³-hybridized carbons (Fsp3) is 0.261. The highest BCUT2D eigenvalue weighted by Crippen LogP contribution is 2.19. The van der Waals surface area contributed by atoms with Gasteiger partial charge in [-0.05, 0) is 35.7 Å². The van der Waals surface area contributed by atoms with Crippen molar-refractivity contribution in [3.05, 3.63) is 88.6 Å². The van der Waals surface area contributed by atoms with Crippen LogP contribution in [0.3, 0.4) is 0 Å². The van der Waals surface area contributed by atoms with Gasteiger partial charge in [0.2, 0.25) is 6.73 Å². The Morgan fingerprint density at radius 2 is 1.60 bits per heavy atom. The first-order valence-electron chi connectivity index (χ1n) is 9.40. The summed E-state index contributed by atoms with van der Waals surface area (Å²) in [6.07, 6.45) is 0. The zero-order valence-corrected chi connectivity index (χ0v) is 19.6. The molecule has 0 aliphatic heterocycles. The molecule has 0 radical (unpaired) electrons. The van der Waals surface area contributed by atoms with Crippen molar-refractivity contribution in [1.29, 1.82) is 0 Å². The summed E-state index contributed by atoms with van der Waals surface area (Å²) in [5.41, 5.74) is 1.79. The Bertz CT molecular complexity index is 859. The number of benzene rings is 2. The standard InChI is InChI=1S/C23H27N2O2S.2ClH/c1-25(2,19-27-23(26)20-10-5-3-6-11-20)16-15-24(18-22-14-9-17-28-22)21-12-7-4-8-13-21;;/h3-14,17H,15-16,18-19H2,1-2H3;2*1H/q+1;;/p-1. The van der Waals surface area contributed by atoms with Crippen LogP contribution in [0.5, 0.6) is 0 Å². The molecule has 0 fully saturated rings. The molecule has 0 bridgehead atoms. The van der Waals surface area contributed by atoms with Gasteiger partial charge in [0.25, 0.3) is 0 Å². The zero-order chi connectivity index (χ0) is 19.8. The molecule has 7 heteroatoms. The molecule has 0 spiro atoms. The molecule has 1 aromatic heterocycles. The van der Waals surface area contributed by atoms with Gasteiger partial charge in [0.1, 0.15) is 0 Å². The van der Waals surface area contributed by atoms with Gasteiger partial charge in [-0.25, -0.2) is 4.79 Å². The maximum Gasteiger partial charge on any atom is 0.342 e. The van der Waals surface area contributed by atoms with Crippen molar-refractivity contribution in [3.63, 3.8) is 0 Å². The van der Waals surface area contributed by atoms with Crippen molar-refractivity contribution in [2.45, 2.75) is 6.54 Å². The third kappa shape index (κ3) is 8.00. The lowest BCUT2D eigenvalue weighted by Gasteiger charge is -2.32. The number of halogens is 2. The Kier molecular flexibility index (Phi) is 10.9. The first-order valence-corrected chi connectivity index (χ1v) is 10.3. The van der Waals surface area contributed by atoms with E-state index in [4.69, 9.17) is 4.74 Å². The Labute approximate surface area is 195 Å². The summed E-state index contributed by atoms with van der Waals surface area (Å²) in [5, 5.41) is 2.11. The second kappa shape index (κ2) is 12.6. The van der Waals surface area contributed by atoms with Crippen LogP contribution in [-0.4, -0.2) is 44.4 Å². The van der Waals surface area contributed by atoms with Gasteiger partial charge in [0, 0.05) is 10.6 Å². The van der Waals surface area contributed by atoms with E-state index in [0.717, 1.165) is 19.6 Å². The fourth-order valence-corrected chi connectivity index (χ4v) is 3.60. The predicted octanol–water partition coefficient (Wildman–Crippen LogP) is 2.07. The van der Waals surface area contributed by atoms with Crippen molar-refractivity contribution in [1.82, 2.24) is 0 Å². The van der Waals surface area contributed by atoms with Crippen LogP contribution in [-0.2, 0) is 11.3 Å². The van der Waals surface area contributed by atoms with E-state index in [1.165, 1.54) is 10.6 Å². The Morgan fingerprint density at radius 1 is 0.967 bits per heavy atom. The van der Waals surface area contributed by atoms with E-state index in [1.807, 2.05) is 24.3 Å². The number of quaternary nitrogens is 1. The summed E-state index contributed by atoms with van der Waals surface area (Å²) in [5.74, 6) is -0.273. The monoisotopic (exact) mass is 466 g/mol. The van der Waals surface area contributed by atoms with Crippen LogP contribution in [0.4, 0.5) is 5.69 Å². The SMILES string of the molecule is C[N+](C)(CCN(Cc1cccs1)c1ccccc1)COC(=O)c1ccccc1.Cl.[Cl-]. The highest BCUT2D eigenvalue weighted by Gasteiger charge is 2.20. The summed E-state index contributed by atoms with van der Waals surface area (Å²) in [6.45, 7) is 2.96. The molecule has 0 aliphatic rings. The summed E-state index contributed by atoms with van der Waals surface area (Å²) in [7, 11) is 4.18. The number of ether oxygens (including phenoxy) is 1. The summed E-state index contributed by atoms with van der Waals surface area (Å²) < 4.78 is 6.16. The Balaban J connectivity index is 0.00000225. The smallest absolute Gasteiger partial charge is 0.342 e. The maximum absolute atomic E-state index is 12.2. The van der Waals surface area contributed by atoms with Crippen molar-refractivity contribution >= 4 is 35.4 Å². The molecule has 4 nitrogen and oxygen atoms in total. The van der Waals surface area contributed by atoms with Gasteiger partial charge in [-0.15, -0.1) is 23.7 Å². The van der Waals surface area contributed by atoms with E-state index >= 15 is 0 Å². The number of thiophene rings is 1. The molecule has 0 N–H and O–H groups in total. The van der Waals surface area contributed by atoms with Crippen molar-refractivity contribution in [2.24, 2.45) is 0 Å². The number of nitrogens with zero attached hydrogens (tertiary/aromatic N) is 2. The number of hydrogen-bond acceptors (Lipinski definition) is 4. The summed E-state index contributed by atoms with van der Waals surface area (Å²) >= 11 is 1.77. The molecule has 162 valence electrons. The summed E-state index contributed by atoms with van der Waals surface area (Å²) in [4.78, 5) is 15.9. The normalized spacial score (nSPS) is 10.5. The topological polar surface area (TPSA) is 29.5 Å². The quantitative estimate of drug-likeness (QED) is 0.274. The molecule has 0 unspecified atom stereocenters. The van der Waals surface area contributed by atoms with Gasteiger partial charge in [-0.1, -0.05) is 42.5 Å². The van der Waals surface area contributed by atoms with E-state index < -0.39 is 0 Å². The minimum absolute atomic E-state index is 0. The highest BCUT2D eigenvalue weighted by molar-refractivity contribution is 7.09. The molecule has 2 aromatic carbocycles. The fourth-order valence-electron chi connectivity index (χ4n) is 2.88. The first-order chi connectivity index (χ1) is 13.5. The number of carbonyl (C=O) groups excluding carboxylic acids is 1. The van der Waals surface area contributed by atoms with Crippen LogP contribution in [0, 0.1) is 0 Å². The molecule has 0 aliphatic carbocycles. The molecule has 3 aromatic rings. The van der Waals surface area contributed by atoms with Gasteiger partial charge in [0.15, 0.2) is 0 Å². The molecule has 3 rings (SSSR count). The molecule has 30 heavy (non-hydrogen) atoms. The van der Waals surface area contributed by atoms with Gasteiger partial charge >= 0.3 is 5.97 Å². The molecule has 0 saturated carbocycles. The molecule has 0 amide bonds. The van der Waals surface area contributed by atoms with Crippen LogP contribution >= 0.6 is 23.7 Å². The third-order valence-corrected chi connectivity index (χ3v) is 5.44. The third-order valence-electron chi connectivity index (χ3n) is 4.58. The van der Waals surface area contributed by atoms with Crippen LogP contribution in [0.25, 0.3) is 0 Å². The van der Waals surface area contributed by atoms with E-state index in [0.29, 0.717) is 16.8 Å². The van der Waals surface area contributed by atoms with E-state index in [2.05, 4.69) is 60.8 Å². The minimum Gasteiger partial charge on any atom is -1.00 e. The average Bonchev–Trinajstić information content (AvgIpc) is 3.24. The minimum atomic E-state index is -0.273. The van der Waals surface area contributed by atoms with Gasteiger partial charge < -0.3 is 22.0 Å². The van der Waals surface area contributed by atoms with Gasteiger partial charge in [0.05, 0.1) is 39.3 Å². The second-order valence-electron chi connectivity index (χ2n) is 7.42. The Hall–Kier alpha value is -2.05. The molecule has 1 heterocycles. The molecular weight excluding hydrogens is 439 g/mol. The van der Waals surface area contributed by atoms with Crippen molar-refractivity contribution in [3.8, 4) is 0 Å². The maximum atomic E-state index is 12.2. The lowest BCUT2D eigenvalue weighted by Crippen LogP contribution is -3.00. The van der Waals surface area contributed by atoms with E-state index in [1.54, 1.807) is 23.5 Å². The number of rotatable bonds is 9. The number of likely N-dealkylation sites (N-methyl/N-ethyl adjacent to an activating group) is 1. The Morgan fingerprint density at radius 3 is 2.20 bits per heavy atom. The van der Waals surface area contributed by atoms with Crippen molar-refractivity contribution < 1.29 is 26.4 Å². The van der Waals surface area contributed by atoms with Gasteiger partial charge in [-0.2, -0.15) is 0 Å². The van der Waals surface area contributed by atoms with E-state index in [9.17, 15) is 4.79 Å². The van der Waals surface area contributed by atoms with Gasteiger partial charge in [-0.3, -0.25) is 4.48 Å². The second-order valence-corrected chi connectivity index (χ2v) is 8.45. The number of anilines is 1. The molecule has 0 saturated heterocycles. The highest BCUT2D eigenvalue weighted by atomic mass is 35.5. The number of carbonyl (C=O) groups is 1. The van der Waals surface area contributed by atoms with Crippen LogP contribution < -0.4 is 17.3 Å².